The highest BCUT2D eigenvalue weighted by atomic mass is 16.2. The van der Waals surface area contributed by atoms with Crippen LogP contribution in [0.2, 0.25) is 0 Å². The van der Waals surface area contributed by atoms with Crippen molar-refractivity contribution in [2.45, 2.75) is 37.6 Å². The summed E-state index contributed by atoms with van der Waals surface area (Å²) in [5.41, 5.74) is 4.22. The molecule has 2 fully saturated rings. The van der Waals surface area contributed by atoms with E-state index in [9.17, 15) is 4.79 Å². The lowest BCUT2D eigenvalue weighted by atomic mass is 10.1. The maximum absolute atomic E-state index is 13.1. The van der Waals surface area contributed by atoms with Crippen LogP contribution in [0.5, 0.6) is 0 Å². The molecule has 7 nitrogen and oxygen atoms in total. The monoisotopic (exact) mass is 404 g/mol. The largest absolute Gasteiger partial charge is 0.337 e. The van der Waals surface area contributed by atoms with Crippen LogP contribution in [0.3, 0.4) is 0 Å². The SMILES string of the molecule is C=NCN1CC[C@@H](N(C)C(=O)c2ccc3c(c2)CCN3c2nccc(C3CC3)n2)C1. The number of fused-ring (bicyclic) bond motifs is 1. The van der Waals surface area contributed by atoms with Gasteiger partial charge in [-0.25, -0.2) is 9.97 Å². The number of aromatic nitrogens is 2. The molecule has 0 bridgehead atoms. The summed E-state index contributed by atoms with van der Waals surface area (Å²) >= 11 is 0. The molecule has 1 amide bonds. The lowest BCUT2D eigenvalue weighted by Gasteiger charge is -2.25. The molecule has 1 saturated heterocycles. The van der Waals surface area contributed by atoms with Crippen molar-refractivity contribution in [1.82, 2.24) is 19.8 Å². The number of hydrogen-bond donors (Lipinski definition) is 0. The molecule has 3 aliphatic rings. The minimum atomic E-state index is 0.0849. The molecular formula is C23H28N6O. The third kappa shape index (κ3) is 3.58. The van der Waals surface area contributed by atoms with Crippen LogP contribution >= 0.6 is 0 Å². The highest BCUT2D eigenvalue weighted by Gasteiger charge is 2.31. The van der Waals surface area contributed by atoms with Crippen LogP contribution in [0.15, 0.2) is 35.5 Å². The first kappa shape index (κ1) is 19.2. The topological polar surface area (TPSA) is 64.9 Å². The summed E-state index contributed by atoms with van der Waals surface area (Å²) in [6.07, 6.45) is 6.21. The smallest absolute Gasteiger partial charge is 0.253 e. The fourth-order valence-electron chi connectivity index (χ4n) is 4.61. The molecule has 7 heteroatoms. The molecule has 156 valence electrons. The standard InChI is InChI=1S/C23H28N6O/c1-24-15-28-11-9-19(14-28)27(2)22(30)18-5-6-21-17(13-18)8-12-29(21)23-25-10-7-20(26-23)16-3-4-16/h5-7,10,13,16,19H,1,3-4,8-9,11-12,14-15H2,2H3/t19-/m1/s1. The zero-order valence-corrected chi connectivity index (χ0v) is 17.5. The fraction of sp³-hybridized carbons (Fsp3) is 0.478. The molecule has 0 spiro atoms. The van der Waals surface area contributed by atoms with E-state index in [1.54, 1.807) is 0 Å². The van der Waals surface area contributed by atoms with Gasteiger partial charge in [0, 0.05) is 61.8 Å². The van der Waals surface area contributed by atoms with Crippen LogP contribution in [0.4, 0.5) is 11.6 Å². The van der Waals surface area contributed by atoms with E-state index in [4.69, 9.17) is 4.98 Å². The molecule has 3 heterocycles. The van der Waals surface area contributed by atoms with Crippen molar-refractivity contribution in [2.24, 2.45) is 4.99 Å². The van der Waals surface area contributed by atoms with Gasteiger partial charge in [-0.05, 0) is 62.2 Å². The second kappa shape index (κ2) is 7.80. The van der Waals surface area contributed by atoms with Gasteiger partial charge in [-0.15, -0.1) is 0 Å². The third-order valence-corrected chi connectivity index (χ3v) is 6.54. The lowest BCUT2D eigenvalue weighted by Crippen LogP contribution is -2.39. The van der Waals surface area contributed by atoms with Crippen molar-refractivity contribution in [2.75, 3.05) is 38.3 Å². The zero-order valence-electron chi connectivity index (χ0n) is 17.5. The normalized spacial score (nSPS) is 21.0. The number of amides is 1. The molecular weight excluding hydrogens is 376 g/mol. The number of carbonyl (C=O) groups is 1. The maximum atomic E-state index is 13.1. The summed E-state index contributed by atoms with van der Waals surface area (Å²) in [4.78, 5) is 32.7. The van der Waals surface area contributed by atoms with Gasteiger partial charge in [-0.1, -0.05) is 0 Å². The molecule has 1 aromatic heterocycles. The average Bonchev–Trinajstić information content (AvgIpc) is 3.38. The van der Waals surface area contributed by atoms with Crippen molar-refractivity contribution in [3.63, 3.8) is 0 Å². The molecule has 0 N–H and O–H groups in total. The maximum Gasteiger partial charge on any atom is 0.253 e. The zero-order chi connectivity index (χ0) is 20.7. The first-order valence-electron chi connectivity index (χ1n) is 10.8. The van der Waals surface area contributed by atoms with Gasteiger partial charge in [-0.2, -0.15) is 0 Å². The van der Waals surface area contributed by atoms with Crippen LogP contribution in [0, 0.1) is 0 Å². The summed E-state index contributed by atoms with van der Waals surface area (Å²) in [5.74, 6) is 1.47. The molecule has 5 rings (SSSR count). The van der Waals surface area contributed by atoms with Gasteiger partial charge in [-0.3, -0.25) is 14.7 Å². The average molecular weight is 405 g/mol. The lowest BCUT2D eigenvalue weighted by molar-refractivity contribution is 0.0735. The highest BCUT2D eigenvalue weighted by Crippen LogP contribution is 2.40. The Kier molecular flexibility index (Phi) is 4.98. The Morgan fingerprint density at radius 2 is 2.13 bits per heavy atom. The first-order chi connectivity index (χ1) is 14.6. The first-order valence-corrected chi connectivity index (χ1v) is 10.8. The summed E-state index contributed by atoms with van der Waals surface area (Å²) in [5, 5.41) is 0. The number of nitrogens with zero attached hydrogens (tertiary/aromatic N) is 6. The molecule has 1 aromatic carbocycles. The predicted octanol–water partition coefficient (Wildman–Crippen LogP) is 2.85. The third-order valence-electron chi connectivity index (χ3n) is 6.54. The van der Waals surface area contributed by atoms with Gasteiger partial charge in [0.25, 0.3) is 5.91 Å². The Bertz CT molecular complexity index is 972. The van der Waals surface area contributed by atoms with E-state index in [2.05, 4.69) is 38.6 Å². The minimum Gasteiger partial charge on any atom is -0.337 e. The Morgan fingerprint density at radius 3 is 2.93 bits per heavy atom. The second-order valence-electron chi connectivity index (χ2n) is 8.60. The van der Waals surface area contributed by atoms with Crippen molar-refractivity contribution < 1.29 is 4.79 Å². The van der Waals surface area contributed by atoms with Crippen LogP contribution in [0.1, 0.15) is 46.8 Å². The Balaban J connectivity index is 1.32. The van der Waals surface area contributed by atoms with Gasteiger partial charge in [0.1, 0.15) is 0 Å². The quantitative estimate of drug-likeness (QED) is 0.693. The highest BCUT2D eigenvalue weighted by molar-refractivity contribution is 5.95. The van der Waals surface area contributed by atoms with E-state index >= 15 is 0 Å². The number of likely N-dealkylation sites (tertiary alicyclic amines) is 1. The fourth-order valence-corrected chi connectivity index (χ4v) is 4.61. The Hall–Kier alpha value is -2.80. The number of hydrogen-bond acceptors (Lipinski definition) is 6. The minimum absolute atomic E-state index is 0.0849. The number of aliphatic imine (C=N–C) groups is 1. The summed E-state index contributed by atoms with van der Waals surface area (Å²) in [6.45, 7) is 6.87. The van der Waals surface area contributed by atoms with Gasteiger partial charge < -0.3 is 9.80 Å². The molecule has 1 atom stereocenters. The molecule has 0 unspecified atom stereocenters. The van der Waals surface area contributed by atoms with Crippen LogP contribution < -0.4 is 4.90 Å². The van der Waals surface area contributed by atoms with Crippen molar-refractivity contribution >= 4 is 24.3 Å². The number of anilines is 2. The van der Waals surface area contributed by atoms with Crippen LogP contribution in [-0.2, 0) is 6.42 Å². The second-order valence-corrected chi connectivity index (χ2v) is 8.60. The number of carbonyl (C=O) groups excluding carboxylic acids is 1. The van der Waals surface area contributed by atoms with Crippen molar-refractivity contribution in [1.29, 1.82) is 0 Å². The summed E-state index contributed by atoms with van der Waals surface area (Å²) in [7, 11) is 1.91. The van der Waals surface area contributed by atoms with E-state index < -0.39 is 0 Å². The Morgan fingerprint density at radius 1 is 1.27 bits per heavy atom. The van der Waals surface area contributed by atoms with Gasteiger partial charge in [0.2, 0.25) is 5.95 Å². The van der Waals surface area contributed by atoms with Gasteiger partial charge in [0.05, 0.1) is 6.67 Å². The molecule has 2 aromatic rings. The van der Waals surface area contributed by atoms with Crippen LogP contribution in [-0.4, -0.2) is 71.8 Å². The van der Waals surface area contributed by atoms with E-state index in [1.807, 2.05) is 30.3 Å². The molecule has 0 radical (unpaired) electrons. The van der Waals surface area contributed by atoms with Gasteiger partial charge in [0.15, 0.2) is 0 Å². The number of rotatable bonds is 6. The molecule has 30 heavy (non-hydrogen) atoms. The summed E-state index contributed by atoms with van der Waals surface area (Å²) < 4.78 is 0. The predicted molar refractivity (Wildman–Crippen MR) is 118 cm³/mol. The van der Waals surface area contributed by atoms with Gasteiger partial charge >= 0.3 is 0 Å². The Labute approximate surface area is 177 Å². The van der Waals surface area contributed by atoms with E-state index in [1.165, 1.54) is 18.4 Å². The van der Waals surface area contributed by atoms with E-state index in [0.29, 0.717) is 12.6 Å². The van der Waals surface area contributed by atoms with E-state index in [0.717, 1.165) is 55.4 Å². The number of likely N-dealkylation sites (N-methyl/N-ethyl adjacent to an activating group) is 1. The molecule has 1 saturated carbocycles. The molecule has 1 aliphatic carbocycles. The van der Waals surface area contributed by atoms with Crippen molar-refractivity contribution in [3.8, 4) is 0 Å². The molecule has 2 aliphatic heterocycles. The van der Waals surface area contributed by atoms with E-state index in [-0.39, 0.29) is 11.9 Å². The number of benzene rings is 1. The van der Waals surface area contributed by atoms with Crippen molar-refractivity contribution in [3.05, 3.63) is 47.3 Å². The van der Waals surface area contributed by atoms with Crippen LogP contribution in [0.25, 0.3) is 0 Å². The summed E-state index contributed by atoms with van der Waals surface area (Å²) in [6, 6.07) is 8.31.